The number of hydrogen-bond donors (Lipinski definition) is 1. The smallest absolute Gasteiger partial charge is 0.229 e. The average Bonchev–Trinajstić information content (AvgIpc) is 3.11. The maximum Gasteiger partial charge on any atom is 0.229 e. The summed E-state index contributed by atoms with van der Waals surface area (Å²) in [6.45, 7) is 6.49. The number of nitrogens with one attached hydrogen (secondary N) is 1. The van der Waals surface area contributed by atoms with E-state index in [0.29, 0.717) is 11.8 Å². The first-order valence-electron chi connectivity index (χ1n) is 7.50. The molecular weight excluding hydrogens is 254 g/mol. The fraction of sp³-hybridized carbons (Fsp3) is 0.786. The first-order valence-corrected chi connectivity index (χ1v) is 7.50. The van der Waals surface area contributed by atoms with E-state index in [2.05, 4.69) is 27.2 Å². The number of likely N-dealkylation sites (tertiary alicyclic amines) is 1. The van der Waals surface area contributed by atoms with Crippen molar-refractivity contribution >= 4 is 5.91 Å². The second kappa shape index (κ2) is 5.52. The van der Waals surface area contributed by atoms with Crippen molar-refractivity contribution < 1.29 is 4.79 Å². The molecule has 2 fully saturated rings. The predicted molar refractivity (Wildman–Crippen MR) is 74.9 cm³/mol. The van der Waals surface area contributed by atoms with Crippen LogP contribution in [0, 0.1) is 11.3 Å². The summed E-state index contributed by atoms with van der Waals surface area (Å²) in [6.07, 6.45) is 6.53. The van der Waals surface area contributed by atoms with Crippen LogP contribution in [0.25, 0.3) is 0 Å². The summed E-state index contributed by atoms with van der Waals surface area (Å²) in [7, 11) is 0. The minimum atomic E-state index is -0.199. The maximum absolute atomic E-state index is 12.7. The fourth-order valence-electron chi connectivity index (χ4n) is 3.37. The van der Waals surface area contributed by atoms with E-state index in [1.54, 1.807) is 12.7 Å². The van der Waals surface area contributed by atoms with Gasteiger partial charge in [0.1, 0.15) is 12.7 Å². The van der Waals surface area contributed by atoms with Crippen LogP contribution in [0.4, 0.5) is 0 Å². The van der Waals surface area contributed by atoms with Gasteiger partial charge in [-0.2, -0.15) is 5.10 Å². The molecule has 1 aromatic rings. The van der Waals surface area contributed by atoms with Gasteiger partial charge in [-0.1, -0.05) is 0 Å². The Labute approximate surface area is 119 Å². The van der Waals surface area contributed by atoms with Crippen molar-refractivity contribution in [3.8, 4) is 0 Å². The van der Waals surface area contributed by atoms with Crippen LogP contribution in [-0.2, 0) is 11.3 Å². The molecule has 2 atom stereocenters. The lowest BCUT2D eigenvalue weighted by molar-refractivity contribution is -0.142. The molecule has 0 radical (unpaired) electrons. The molecule has 20 heavy (non-hydrogen) atoms. The number of nitrogens with zero attached hydrogens (tertiary/aromatic N) is 4. The summed E-state index contributed by atoms with van der Waals surface area (Å²) in [6, 6.07) is 0. The molecule has 0 aliphatic carbocycles. The minimum Gasteiger partial charge on any atom is -0.342 e. The van der Waals surface area contributed by atoms with E-state index in [0.717, 1.165) is 45.6 Å². The van der Waals surface area contributed by atoms with Crippen LogP contribution in [0.1, 0.15) is 26.2 Å². The lowest BCUT2D eigenvalue weighted by Crippen LogP contribution is -2.48. The molecule has 1 N–H and O–H groups in total. The van der Waals surface area contributed by atoms with E-state index in [1.165, 1.54) is 6.42 Å². The highest BCUT2D eigenvalue weighted by molar-refractivity contribution is 5.83. The van der Waals surface area contributed by atoms with Gasteiger partial charge in [-0.05, 0) is 38.6 Å². The van der Waals surface area contributed by atoms with Crippen molar-refractivity contribution in [3.63, 3.8) is 0 Å². The van der Waals surface area contributed by atoms with Crippen molar-refractivity contribution in [1.29, 1.82) is 0 Å². The zero-order valence-corrected chi connectivity index (χ0v) is 12.1. The van der Waals surface area contributed by atoms with Crippen molar-refractivity contribution in [2.45, 2.75) is 32.7 Å². The van der Waals surface area contributed by atoms with Gasteiger partial charge in [-0.3, -0.25) is 9.48 Å². The summed E-state index contributed by atoms with van der Waals surface area (Å²) < 4.78 is 1.87. The van der Waals surface area contributed by atoms with E-state index in [9.17, 15) is 4.79 Å². The van der Waals surface area contributed by atoms with E-state index in [1.807, 2.05) is 4.68 Å². The van der Waals surface area contributed by atoms with Gasteiger partial charge in [0.05, 0.1) is 5.41 Å². The van der Waals surface area contributed by atoms with Crippen LogP contribution < -0.4 is 5.32 Å². The lowest BCUT2D eigenvalue weighted by Gasteiger charge is -2.37. The molecule has 0 saturated carbocycles. The predicted octanol–water partition coefficient (Wildman–Crippen LogP) is 0.516. The van der Waals surface area contributed by atoms with Gasteiger partial charge in [-0.15, -0.1) is 0 Å². The Bertz CT molecular complexity index is 452. The number of carbonyl (C=O) groups is 1. The molecule has 0 spiro atoms. The van der Waals surface area contributed by atoms with E-state index >= 15 is 0 Å². The Balaban J connectivity index is 1.61. The van der Waals surface area contributed by atoms with Crippen LogP contribution in [-0.4, -0.2) is 51.8 Å². The number of piperidine rings is 1. The monoisotopic (exact) mass is 277 g/mol. The van der Waals surface area contributed by atoms with Crippen LogP contribution in [0.15, 0.2) is 12.7 Å². The van der Waals surface area contributed by atoms with Gasteiger partial charge in [-0.25, -0.2) is 4.98 Å². The molecule has 0 aromatic carbocycles. The molecule has 3 rings (SSSR count). The second-order valence-corrected chi connectivity index (χ2v) is 6.36. The molecule has 6 heteroatoms. The van der Waals surface area contributed by atoms with Crippen molar-refractivity contribution in [2.24, 2.45) is 11.3 Å². The summed E-state index contributed by atoms with van der Waals surface area (Å²) in [5.41, 5.74) is -0.199. The molecule has 110 valence electrons. The maximum atomic E-state index is 12.7. The van der Waals surface area contributed by atoms with Crippen LogP contribution in [0.5, 0.6) is 0 Å². The summed E-state index contributed by atoms with van der Waals surface area (Å²) in [5.74, 6) is 0.818. The molecule has 2 aliphatic heterocycles. The molecule has 3 heterocycles. The molecule has 0 bridgehead atoms. The van der Waals surface area contributed by atoms with E-state index < -0.39 is 0 Å². The molecular formula is C14H23N5O. The SMILES string of the molecule is CC1(C(=O)N2CCCC(Cn3cncn3)C2)CCNC1. The molecule has 2 unspecified atom stereocenters. The third-order valence-electron chi connectivity index (χ3n) is 4.60. The summed E-state index contributed by atoms with van der Waals surface area (Å²) in [5, 5.41) is 7.47. The first kappa shape index (κ1) is 13.5. The first-order chi connectivity index (χ1) is 9.67. The number of hydrogen-bond acceptors (Lipinski definition) is 4. The Morgan fingerprint density at radius 3 is 3.15 bits per heavy atom. The Morgan fingerprint density at radius 1 is 1.55 bits per heavy atom. The van der Waals surface area contributed by atoms with Gasteiger partial charge < -0.3 is 10.2 Å². The van der Waals surface area contributed by atoms with Crippen molar-refractivity contribution in [1.82, 2.24) is 25.0 Å². The number of aromatic nitrogens is 3. The van der Waals surface area contributed by atoms with Crippen molar-refractivity contribution in [2.75, 3.05) is 26.2 Å². The fourth-order valence-corrected chi connectivity index (χ4v) is 3.37. The molecule has 6 nitrogen and oxygen atoms in total. The topological polar surface area (TPSA) is 63.1 Å². The van der Waals surface area contributed by atoms with Crippen LogP contribution in [0.3, 0.4) is 0 Å². The molecule has 1 amide bonds. The standard InChI is InChI=1S/C14H23N5O/c1-14(4-5-15-9-14)13(20)18-6-2-3-12(7-18)8-19-11-16-10-17-19/h10-12,15H,2-9H2,1H3. The van der Waals surface area contributed by atoms with E-state index in [4.69, 9.17) is 0 Å². The highest BCUT2D eigenvalue weighted by Crippen LogP contribution is 2.29. The average molecular weight is 277 g/mol. The minimum absolute atomic E-state index is 0.199. The Hall–Kier alpha value is -1.43. The summed E-state index contributed by atoms with van der Waals surface area (Å²) >= 11 is 0. The molecule has 2 saturated heterocycles. The normalized spacial score (nSPS) is 30.6. The number of rotatable bonds is 3. The molecule has 1 aromatic heterocycles. The quantitative estimate of drug-likeness (QED) is 0.875. The zero-order chi connectivity index (χ0) is 14.0. The van der Waals surface area contributed by atoms with Crippen LogP contribution in [0.2, 0.25) is 0 Å². The Kier molecular flexibility index (Phi) is 3.74. The van der Waals surface area contributed by atoms with Gasteiger partial charge in [0, 0.05) is 26.2 Å². The van der Waals surface area contributed by atoms with Crippen molar-refractivity contribution in [3.05, 3.63) is 12.7 Å². The third-order valence-corrected chi connectivity index (χ3v) is 4.60. The van der Waals surface area contributed by atoms with Gasteiger partial charge in [0.25, 0.3) is 0 Å². The third kappa shape index (κ3) is 2.70. The largest absolute Gasteiger partial charge is 0.342 e. The van der Waals surface area contributed by atoms with E-state index in [-0.39, 0.29) is 5.41 Å². The van der Waals surface area contributed by atoms with Gasteiger partial charge in [0.15, 0.2) is 0 Å². The van der Waals surface area contributed by atoms with Crippen LogP contribution >= 0.6 is 0 Å². The van der Waals surface area contributed by atoms with Gasteiger partial charge >= 0.3 is 0 Å². The number of carbonyl (C=O) groups excluding carboxylic acids is 1. The Morgan fingerprint density at radius 2 is 2.45 bits per heavy atom. The van der Waals surface area contributed by atoms with Gasteiger partial charge in [0.2, 0.25) is 5.91 Å². The highest BCUT2D eigenvalue weighted by Gasteiger charge is 2.40. The second-order valence-electron chi connectivity index (χ2n) is 6.36. The lowest BCUT2D eigenvalue weighted by atomic mass is 9.86. The zero-order valence-electron chi connectivity index (χ0n) is 12.1. The highest BCUT2D eigenvalue weighted by atomic mass is 16.2. The molecule has 2 aliphatic rings. The summed E-state index contributed by atoms with van der Waals surface area (Å²) in [4.78, 5) is 18.8. The number of amides is 1.